The summed E-state index contributed by atoms with van der Waals surface area (Å²) in [6.45, 7) is 2.64. The first-order chi connectivity index (χ1) is 10.0. The summed E-state index contributed by atoms with van der Waals surface area (Å²) in [6.07, 6.45) is 0.846. The lowest BCUT2D eigenvalue weighted by molar-refractivity contribution is 0.0986. The second kappa shape index (κ2) is 6.96. The van der Waals surface area contributed by atoms with Crippen LogP contribution in [-0.2, 0) is 0 Å². The van der Waals surface area contributed by atoms with Crippen LogP contribution in [-0.4, -0.2) is 12.5 Å². The van der Waals surface area contributed by atoms with E-state index in [0.717, 1.165) is 16.6 Å². The molecule has 2 rings (SSSR count). The first-order valence-electron chi connectivity index (χ1n) is 6.65. The van der Waals surface area contributed by atoms with E-state index in [9.17, 15) is 4.79 Å². The van der Waals surface area contributed by atoms with Gasteiger partial charge >= 0.3 is 0 Å². The molecule has 0 aliphatic heterocycles. The topological polar surface area (TPSA) is 46.3 Å². The maximum absolute atomic E-state index is 12.8. The summed E-state index contributed by atoms with van der Waals surface area (Å²) in [5, 5.41) is 0.533. The first-order valence-corrected chi connectivity index (χ1v) is 7.82. The van der Waals surface area contributed by atoms with E-state index in [4.69, 9.17) is 17.3 Å². The number of anilines is 2. The SMILES string of the molecule is CCCN(C(=O)c1cc(Cl)ccc1Br)c1cccc(N)c1. The number of nitrogens with zero attached hydrogens (tertiary/aromatic N) is 1. The third-order valence-corrected chi connectivity index (χ3v) is 3.96. The van der Waals surface area contributed by atoms with Crippen LogP contribution < -0.4 is 10.6 Å². The first kappa shape index (κ1) is 15.9. The van der Waals surface area contributed by atoms with Gasteiger partial charge in [0.25, 0.3) is 5.91 Å². The lowest BCUT2D eigenvalue weighted by atomic mass is 10.1. The maximum atomic E-state index is 12.8. The van der Waals surface area contributed by atoms with Crippen LogP contribution in [0.5, 0.6) is 0 Å². The summed E-state index contributed by atoms with van der Waals surface area (Å²) >= 11 is 9.41. The van der Waals surface area contributed by atoms with E-state index in [-0.39, 0.29) is 5.91 Å². The molecule has 0 fully saturated rings. The second-order valence-electron chi connectivity index (χ2n) is 4.68. The average molecular weight is 368 g/mol. The van der Waals surface area contributed by atoms with Crippen LogP contribution in [0.3, 0.4) is 0 Å². The fraction of sp³-hybridized carbons (Fsp3) is 0.188. The molecule has 0 saturated carbocycles. The third-order valence-electron chi connectivity index (χ3n) is 3.03. The minimum absolute atomic E-state index is 0.100. The van der Waals surface area contributed by atoms with Crippen LogP contribution in [0.4, 0.5) is 11.4 Å². The summed E-state index contributed by atoms with van der Waals surface area (Å²) in [5.74, 6) is -0.100. The third kappa shape index (κ3) is 3.77. The molecule has 5 heteroatoms. The molecule has 0 aliphatic rings. The highest BCUT2D eigenvalue weighted by atomic mass is 79.9. The van der Waals surface area contributed by atoms with E-state index in [1.165, 1.54) is 0 Å². The Labute approximate surface area is 137 Å². The Bertz CT molecular complexity index is 660. The number of carbonyl (C=O) groups is 1. The lowest BCUT2D eigenvalue weighted by Gasteiger charge is -2.23. The van der Waals surface area contributed by atoms with Crippen molar-refractivity contribution in [2.45, 2.75) is 13.3 Å². The van der Waals surface area contributed by atoms with Gasteiger partial charge in [-0.15, -0.1) is 0 Å². The minimum Gasteiger partial charge on any atom is -0.399 e. The molecule has 21 heavy (non-hydrogen) atoms. The fourth-order valence-electron chi connectivity index (χ4n) is 2.07. The number of benzene rings is 2. The summed E-state index contributed by atoms with van der Waals surface area (Å²) in [5.41, 5.74) is 7.77. The molecule has 0 heterocycles. The molecule has 2 N–H and O–H groups in total. The molecule has 2 aromatic carbocycles. The van der Waals surface area contributed by atoms with Gasteiger partial charge in [-0.25, -0.2) is 0 Å². The predicted octanol–water partition coefficient (Wildman–Crippen LogP) is 4.74. The normalized spacial score (nSPS) is 10.4. The Hall–Kier alpha value is -1.52. The quantitative estimate of drug-likeness (QED) is 0.793. The summed E-state index contributed by atoms with van der Waals surface area (Å²) < 4.78 is 0.724. The van der Waals surface area contributed by atoms with Gasteiger partial charge in [0.1, 0.15) is 0 Å². The smallest absolute Gasteiger partial charge is 0.259 e. The van der Waals surface area contributed by atoms with Crippen molar-refractivity contribution >= 4 is 44.8 Å². The van der Waals surface area contributed by atoms with Crippen LogP contribution in [0, 0.1) is 0 Å². The number of hydrogen-bond donors (Lipinski definition) is 1. The van der Waals surface area contributed by atoms with Gasteiger partial charge in [0.2, 0.25) is 0 Å². The Balaban J connectivity index is 2.42. The highest BCUT2D eigenvalue weighted by molar-refractivity contribution is 9.10. The van der Waals surface area contributed by atoms with Crippen LogP contribution in [0.25, 0.3) is 0 Å². The number of amides is 1. The van der Waals surface area contributed by atoms with Gasteiger partial charge in [-0.1, -0.05) is 24.6 Å². The van der Waals surface area contributed by atoms with Gasteiger partial charge in [0.05, 0.1) is 5.56 Å². The van der Waals surface area contributed by atoms with Crippen molar-refractivity contribution in [1.82, 2.24) is 0 Å². The highest BCUT2D eigenvalue weighted by Crippen LogP contribution is 2.26. The number of hydrogen-bond acceptors (Lipinski definition) is 2. The molecule has 0 saturated heterocycles. The van der Waals surface area contributed by atoms with Crippen molar-refractivity contribution in [1.29, 1.82) is 0 Å². The molecule has 0 spiro atoms. The van der Waals surface area contributed by atoms with Crippen LogP contribution in [0.1, 0.15) is 23.7 Å². The number of rotatable bonds is 4. The van der Waals surface area contributed by atoms with Gasteiger partial charge in [-0.3, -0.25) is 4.79 Å². The van der Waals surface area contributed by atoms with Gasteiger partial charge in [0.15, 0.2) is 0 Å². The molecule has 0 aromatic heterocycles. The molecule has 0 aliphatic carbocycles. The van der Waals surface area contributed by atoms with Crippen LogP contribution in [0.15, 0.2) is 46.9 Å². The van der Waals surface area contributed by atoms with Crippen LogP contribution >= 0.6 is 27.5 Å². The van der Waals surface area contributed by atoms with Gasteiger partial charge in [-0.2, -0.15) is 0 Å². The number of nitrogens with two attached hydrogens (primary N) is 1. The van der Waals surface area contributed by atoms with Crippen molar-refractivity contribution in [3.8, 4) is 0 Å². The standard InChI is InChI=1S/C16H16BrClN2O/c1-2-8-20(13-5-3-4-12(19)10-13)16(21)14-9-11(18)6-7-15(14)17/h3-7,9-10H,2,8,19H2,1H3. The van der Waals surface area contributed by atoms with E-state index < -0.39 is 0 Å². The zero-order chi connectivity index (χ0) is 15.4. The molecular formula is C16H16BrClN2O. The molecule has 110 valence electrons. The molecule has 0 bridgehead atoms. The molecule has 1 amide bonds. The zero-order valence-corrected chi connectivity index (χ0v) is 14.0. The molecule has 0 radical (unpaired) electrons. The highest BCUT2D eigenvalue weighted by Gasteiger charge is 2.19. The van der Waals surface area contributed by atoms with Gasteiger partial charge in [-0.05, 0) is 58.7 Å². The van der Waals surface area contributed by atoms with E-state index in [0.29, 0.717) is 22.8 Å². The Morgan fingerprint density at radius 2 is 2.05 bits per heavy atom. The van der Waals surface area contributed by atoms with E-state index in [1.807, 2.05) is 19.1 Å². The summed E-state index contributed by atoms with van der Waals surface area (Å²) in [4.78, 5) is 14.5. The molecular weight excluding hydrogens is 352 g/mol. The maximum Gasteiger partial charge on any atom is 0.259 e. The van der Waals surface area contributed by atoms with Crippen molar-refractivity contribution in [2.75, 3.05) is 17.2 Å². The number of carbonyl (C=O) groups excluding carboxylic acids is 1. The van der Waals surface area contributed by atoms with Gasteiger partial charge < -0.3 is 10.6 Å². The average Bonchev–Trinajstić information content (AvgIpc) is 2.46. The Morgan fingerprint density at radius 1 is 1.29 bits per heavy atom. The van der Waals surface area contributed by atoms with E-state index >= 15 is 0 Å². The van der Waals surface area contributed by atoms with Gasteiger partial charge in [0, 0.05) is 27.4 Å². The van der Waals surface area contributed by atoms with Crippen LogP contribution in [0.2, 0.25) is 5.02 Å². The van der Waals surface area contributed by atoms with Crippen molar-refractivity contribution < 1.29 is 4.79 Å². The summed E-state index contributed by atoms with van der Waals surface area (Å²) in [7, 11) is 0. The Kier molecular flexibility index (Phi) is 5.26. The fourth-order valence-corrected chi connectivity index (χ4v) is 2.66. The van der Waals surface area contributed by atoms with E-state index in [1.54, 1.807) is 35.2 Å². The zero-order valence-electron chi connectivity index (χ0n) is 11.6. The predicted molar refractivity (Wildman–Crippen MR) is 92.0 cm³/mol. The minimum atomic E-state index is -0.100. The molecule has 0 unspecified atom stereocenters. The monoisotopic (exact) mass is 366 g/mol. The number of halogens is 2. The van der Waals surface area contributed by atoms with Crippen molar-refractivity contribution in [2.24, 2.45) is 0 Å². The molecule has 3 nitrogen and oxygen atoms in total. The van der Waals surface area contributed by atoms with Crippen molar-refractivity contribution in [3.05, 3.63) is 57.5 Å². The number of nitrogen functional groups attached to an aromatic ring is 1. The molecule has 2 aromatic rings. The summed E-state index contributed by atoms with van der Waals surface area (Å²) in [6, 6.07) is 12.5. The largest absolute Gasteiger partial charge is 0.399 e. The van der Waals surface area contributed by atoms with E-state index in [2.05, 4.69) is 15.9 Å². The Morgan fingerprint density at radius 3 is 2.71 bits per heavy atom. The van der Waals surface area contributed by atoms with Crippen molar-refractivity contribution in [3.63, 3.8) is 0 Å². The second-order valence-corrected chi connectivity index (χ2v) is 5.97. The molecule has 0 atom stereocenters. The lowest BCUT2D eigenvalue weighted by Crippen LogP contribution is -2.32.